The highest BCUT2D eigenvalue weighted by Crippen LogP contribution is 2.48. The largest absolute Gasteiger partial charge is 0.476 e. The van der Waals surface area contributed by atoms with Crippen LogP contribution in [0.4, 0.5) is 5.69 Å². The van der Waals surface area contributed by atoms with E-state index in [9.17, 15) is 9.36 Å². The lowest BCUT2D eigenvalue weighted by atomic mass is 9.87. The van der Waals surface area contributed by atoms with Gasteiger partial charge in [0.2, 0.25) is 0 Å². The van der Waals surface area contributed by atoms with Gasteiger partial charge in [0, 0.05) is 11.2 Å². The molecule has 0 spiro atoms. The standard InChI is InChI=1S/C17H25ClNO5P/c1-14(17(20)24-25(18,21)22)19(16-10-6-3-7-11-16)23-13-12-15-8-4-2-5-9-15/h3,6-7,10-11,14-15H,2,4-5,8-9,12-13H2,1H3,(H,21,22)/t14-/m0/s1. The maximum absolute atomic E-state index is 12.1. The first-order valence-electron chi connectivity index (χ1n) is 8.60. The van der Waals surface area contributed by atoms with Crippen LogP contribution in [0.1, 0.15) is 45.4 Å². The van der Waals surface area contributed by atoms with Crippen LogP contribution in [0.3, 0.4) is 0 Å². The smallest absolute Gasteiger partial charge is 0.379 e. The first-order chi connectivity index (χ1) is 11.9. The van der Waals surface area contributed by atoms with Crippen LogP contribution in [0.15, 0.2) is 30.3 Å². The first-order valence-corrected chi connectivity index (χ1v) is 11.1. The minimum absolute atomic E-state index is 0.467. The Balaban J connectivity index is 2.00. The van der Waals surface area contributed by atoms with Gasteiger partial charge in [-0.1, -0.05) is 50.3 Å². The lowest BCUT2D eigenvalue weighted by Gasteiger charge is -2.30. The van der Waals surface area contributed by atoms with Gasteiger partial charge in [-0.3, -0.25) is 4.84 Å². The number of hydroxylamine groups is 1. The summed E-state index contributed by atoms with van der Waals surface area (Å²) in [7, 11) is 0. The average Bonchev–Trinajstić information content (AvgIpc) is 2.58. The summed E-state index contributed by atoms with van der Waals surface area (Å²) in [4.78, 5) is 27.0. The van der Waals surface area contributed by atoms with Crippen LogP contribution in [-0.4, -0.2) is 23.5 Å². The van der Waals surface area contributed by atoms with Gasteiger partial charge in [0.15, 0.2) is 6.04 Å². The van der Waals surface area contributed by atoms with Gasteiger partial charge in [-0.15, -0.1) is 0 Å². The van der Waals surface area contributed by atoms with E-state index in [0.29, 0.717) is 18.2 Å². The van der Waals surface area contributed by atoms with Crippen molar-refractivity contribution in [3.05, 3.63) is 30.3 Å². The molecule has 1 unspecified atom stereocenters. The van der Waals surface area contributed by atoms with Crippen molar-refractivity contribution in [3.8, 4) is 0 Å². The van der Waals surface area contributed by atoms with E-state index in [1.807, 2.05) is 18.2 Å². The van der Waals surface area contributed by atoms with E-state index in [0.717, 1.165) is 6.42 Å². The zero-order valence-electron chi connectivity index (χ0n) is 14.3. The third-order valence-corrected chi connectivity index (χ3v) is 5.00. The summed E-state index contributed by atoms with van der Waals surface area (Å²) in [6.07, 6.45) is 7.17. The molecule has 1 aliphatic carbocycles. The van der Waals surface area contributed by atoms with E-state index in [2.05, 4.69) is 4.52 Å². The van der Waals surface area contributed by atoms with Crippen molar-refractivity contribution in [3.63, 3.8) is 0 Å². The fourth-order valence-electron chi connectivity index (χ4n) is 3.06. The highest BCUT2D eigenvalue weighted by molar-refractivity contribution is 7.80. The van der Waals surface area contributed by atoms with E-state index in [1.165, 1.54) is 37.2 Å². The van der Waals surface area contributed by atoms with Gasteiger partial charge in [0.25, 0.3) is 0 Å². The van der Waals surface area contributed by atoms with Gasteiger partial charge in [-0.2, -0.15) is 0 Å². The van der Waals surface area contributed by atoms with Crippen molar-refractivity contribution < 1.29 is 23.6 Å². The van der Waals surface area contributed by atoms with Gasteiger partial charge in [-0.25, -0.2) is 14.4 Å². The number of anilines is 1. The van der Waals surface area contributed by atoms with Gasteiger partial charge in [-0.05, 0) is 31.4 Å². The number of hydrogen-bond acceptors (Lipinski definition) is 5. The molecule has 0 amide bonds. The molecule has 140 valence electrons. The topological polar surface area (TPSA) is 76.1 Å². The Morgan fingerprint density at radius 3 is 2.56 bits per heavy atom. The molecule has 1 aliphatic rings. The Bertz CT molecular complexity index is 588. The van der Waals surface area contributed by atoms with Crippen molar-refractivity contribution in [2.75, 3.05) is 11.7 Å². The van der Waals surface area contributed by atoms with Crippen LogP contribution in [-0.2, 0) is 18.7 Å². The molecule has 0 aliphatic heterocycles. The molecule has 1 saturated carbocycles. The predicted octanol–water partition coefficient (Wildman–Crippen LogP) is 4.67. The molecule has 0 saturated heterocycles. The van der Waals surface area contributed by atoms with Crippen LogP contribution in [0.25, 0.3) is 0 Å². The van der Waals surface area contributed by atoms with Crippen LogP contribution >= 0.6 is 18.2 Å². The van der Waals surface area contributed by atoms with Crippen LogP contribution in [0.5, 0.6) is 0 Å². The molecule has 0 bridgehead atoms. The summed E-state index contributed by atoms with van der Waals surface area (Å²) in [5.41, 5.74) is 0.665. The summed E-state index contributed by atoms with van der Waals surface area (Å²) in [5.74, 6) is -0.267. The zero-order chi connectivity index (χ0) is 18.3. The predicted molar refractivity (Wildman–Crippen MR) is 97.3 cm³/mol. The van der Waals surface area contributed by atoms with E-state index in [1.54, 1.807) is 19.1 Å². The Labute approximate surface area is 153 Å². The summed E-state index contributed by atoms with van der Waals surface area (Å²) >= 11 is 5.14. The minimum Gasteiger partial charge on any atom is -0.379 e. The van der Waals surface area contributed by atoms with Crippen LogP contribution in [0.2, 0.25) is 0 Å². The number of rotatable bonds is 8. The third kappa shape index (κ3) is 6.98. The number of carbonyl (C=O) groups excluding carboxylic acids is 1. The van der Waals surface area contributed by atoms with Crippen molar-refractivity contribution in [2.45, 2.75) is 51.5 Å². The lowest BCUT2D eigenvalue weighted by molar-refractivity contribution is -0.137. The SMILES string of the molecule is C[C@@H](C(=O)OP(=O)(O)Cl)N(OCCC1CCCCC1)c1ccccc1. The molecule has 8 heteroatoms. The molecule has 25 heavy (non-hydrogen) atoms. The summed E-state index contributed by atoms with van der Waals surface area (Å²) < 4.78 is 15.5. The Morgan fingerprint density at radius 2 is 1.96 bits per heavy atom. The molecule has 6 nitrogen and oxygen atoms in total. The Kier molecular flexibility index (Phi) is 7.76. The number of carbonyl (C=O) groups is 1. The molecular weight excluding hydrogens is 365 g/mol. The van der Waals surface area contributed by atoms with E-state index in [4.69, 9.17) is 21.0 Å². The highest BCUT2D eigenvalue weighted by Gasteiger charge is 2.30. The number of hydrogen-bond donors (Lipinski definition) is 1. The fraction of sp³-hybridized carbons (Fsp3) is 0.588. The van der Waals surface area contributed by atoms with E-state index >= 15 is 0 Å². The molecule has 1 aromatic rings. The minimum atomic E-state index is -4.41. The number of halogens is 1. The maximum atomic E-state index is 12.1. The highest BCUT2D eigenvalue weighted by atomic mass is 35.7. The summed E-state index contributed by atoms with van der Waals surface area (Å²) in [5, 5.41) is 1.41. The summed E-state index contributed by atoms with van der Waals surface area (Å²) in [6, 6.07) is 8.18. The van der Waals surface area contributed by atoms with Gasteiger partial charge in [0.05, 0.1) is 12.3 Å². The second-order valence-electron chi connectivity index (χ2n) is 6.33. The van der Waals surface area contributed by atoms with Crippen molar-refractivity contribution >= 4 is 29.8 Å². The molecule has 1 aromatic carbocycles. The normalized spacial score (nSPS) is 19.0. The van der Waals surface area contributed by atoms with Crippen molar-refractivity contribution in [2.24, 2.45) is 5.92 Å². The second kappa shape index (κ2) is 9.58. The molecule has 1 N–H and O–H groups in total. The molecular formula is C17H25ClNO5P. The van der Waals surface area contributed by atoms with E-state index in [-0.39, 0.29) is 0 Å². The molecule has 2 rings (SSSR count). The van der Waals surface area contributed by atoms with Gasteiger partial charge < -0.3 is 9.42 Å². The first kappa shape index (κ1) is 20.2. The lowest BCUT2D eigenvalue weighted by Crippen LogP contribution is -2.40. The average molecular weight is 390 g/mol. The Morgan fingerprint density at radius 1 is 1.32 bits per heavy atom. The maximum Gasteiger partial charge on any atom is 0.476 e. The molecule has 0 aromatic heterocycles. The molecule has 0 heterocycles. The second-order valence-corrected chi connectivity index (χ2v) is 8.69. The quantitative estimate of drug-likeness (QED) is 0.514. The van der Waals surface area contributed by atoms with Crippen LogP contribution < -0.4 is 5.06 Å². The molecule has 2 atom stereocenters. The van der Waals surface area contributed by atoms with E-state index < -0.39 is 19.0 Å². The molecule has 0 radical (unpaired) electrons. The fourth-order valence-corrected chi connectivity index (χ4v) is 3.64. The zero-order valence-corrected chi connectivity index (χ0v) is 16.0. The van der Waals surface area contributed by atoms with Gasteiger partial charge >= 0.3 is 12.9 Å². The number of benzene rings is 1. The Hall–Kier alpha value is -1.07. The van der Waals surface area contributed by atoms with Crippen molar-refractivity contribution in [1.29, 1.82) is 0 Å². The third-order valence-electron chi connectivity index (χ3n) is 4.39. The van der Waals surface area contributed by atoms with Crippen molar-refractivity contribution in [1.82, 2.24) is 0 Å². The van der Waals surface area contributed by atoms with Crippen LogP contribution in [0, 0.1) is 5.92 Å². The number of para-hydroxylation sites is 1. The summed E-state index contributed by atoms with van der Waals surface area (Å²) in [6.45, 7) is -2.40. The number of nitrogens with zero attached hydrogens (tertiary/aromatic N) is 1. The monoisotopic (exact) mass is 389 g/mol. The van der Waals surface area contributed by atoms with Gasteiger partial charge in [0.1, 0.15) is 0 Å². The molecule has 1 fully saturated rings.